The summed E-state index contributed by atoms with van der Waals surface area (Å²) in [5.74, 6) is 0. The van der Waals surface area contributed by atoms with E-state index in [1.54, 1.807) is 0 Å². The van der Waals surface area contributed by atoms with Crippen LogP contribution in [-0.4, -0.2) is 15.8 Å². The van der Waals surface area contributed by atoms with Crippen molar-refractivity contribution in [2.45, 2.75) is 44.2 Å². The Morgan fingerprint density at radius 2 is 1.69 bits per heavy atom. The summed E-state index contributed by atoms with van der Waals surface area (Å²) in [7, 11) is 0. The molecule has 1 fully saturated rings. The van der Waals surface area contributed by atoms with Crippen LogP contribution in [0.1, 0.15) is 38.1 Å². The quantitative estimate of drug-likeness (QED) is 0.658. The van der Waals surface area contributed by atoms with Gasteiger partial charge in [-0.15, -0.1) is 0 Å². The van der Waals surface area contributed by atoms with Crippen LogP contribution in [0.3, 0.4) is 0 Å². The molecule has 1 aliphatic carbocycles. The number of aliphatic hydroxyl groups is 1. The highest BCUT2D eigenvalue weighted by Crippen LogP contribution is 2.27. The topological polar surface area (TPSA) is 25.2 Å². The first-order chi connectivity index (χ1) is 6.38. The van der Waals surface area contributed by atoms with Gasteiger partial charge in [-0.1, -0.05) is 19.3 Å². The van der Waals surface area contributed by atoms with E-state index >= 15 is 0 Å². The molecule has 2 nitrogen and oxygen atoms in total. The Morgan fingerprint density at radius 3 is 2.46 bits per heavy atom. The molecule has 0 spiro atoms. The molecule has 0 aliphatic heterocycles. The first-order valence-electron chi connectivity index (χ1n) is 5.18. The Hall–Kier alpha value is -0.760. The fraction of sp³-hybridized carbons (Fsp3) is 0.636. The second-order valence-electron chi connectivity index (χ2n) is 3.90. The zero-order chi connectivity index (χ0) is 9.10. The van der Waals surface area contributed by atoms with E-state index < -0.39 is 0 Å². The van der Waals surface area contributed by atoms with Crippen LogP contribution in [0.25, 0.3) is 0 Å². The van der Waals surface area contributed by atoms with Gasteiger partial charge in [-0.3, -0.25) is 0 Å². The fourth-order valence-electron chi connectivity index (χ4n) is 2.19. The van der Waals surface area contributed by atoms with E-state index in [9.17, 15) is 5.11 Å². The summed E-state index contributed by atoms with van der Waals surface area (Å²) in [6.45, 7) is 0. The molecule has 1 N–H and O–H groups in total. The van der Waals surface area contributed by atoms with Gasteiger partial charge in [0.05, 0.1) is 12.1 Å². The molecule has 1 aliphatic rings. The lowest BCUT2D eigenvalue weighted by molar-refractivity contribution is 0.106. The summed E-state index contributed by atoms with van der Waals surface area (Å²) in [6, 6.07) is 4.37. The van der Waals surface area contributed by atoms with Gasteiger partial charge in [-0.2, -0.15) is 0 Å². The van der Waals surface area contributed by atoms with Crippen LogP contribution in [0.2, 0.25) is 0 Å². The van der Waals surface area contributed by atoms with E-state index in [2.05, 4.69) is 17.0 Å². The molecule has 2 rings (SSSR count). The number of aromatic nitrogens is 1. The Bertz CT molecular complexity index is 243. The van der Waals surface area contributed by atoms with Gasteiger partial charge in [-0.25, -0.2) is 0 Å². The Kier molecular flexibility index (Phi) is 2.69. The Labute approximate surface area is 79.2 Å². The summed E-state index contributed by atoms with van der Waals surface area (Å²) < 4.78 is 2.15. The molecule has 0 amide bonds. The summed E-state index contributed by atoms with van der Waals surface area (Å²) in [5.41, 5.74) is 0. The minimum atomic E-state index is -0.144. The average molecular weight is 179 g/mol. The van der Waals surface area contributed by atoms with E-state index in [-0.39, 0.29) is 6.10 Å². The maximum Gasteiger partial charge on any atom is 0.0747 e. The maximum absolute atomic E-state index is 9.90. The van der Waals surface area contributed by atoms with Gasteiger partial charge in [0.25, 0.3) is 0 Å². The minimum absolute atomic E-state index is 0.144. The molecule has 2 unspecified atom stereocenters. The molecular formula is C11H17NO. The summed E-state index contributed by atoms with van der Waals surface area (Å²) in [5, 5.41) is 9.90. The van der Waals surface area contributed by atoms with Crippen LogP contribution in [0.5, 0.6) is 0 Å². The zero-order valence-electron chi connectivity index (χ0n) is 7.89. The lowest BCUT2D eigenvalue weighted by Gasteiger charge is -2.21. The van der Waals surface area contributed by atoms with Gasteiger partial charge < -0.3 is 9.67 Å². The van der Waals surface area contributed by atoms with Crippen molar-refractivity contribution in [3.8, 4) is 0 Å². The van der Waals surface area contributed by atoms with Crippen molar-refractivity contribution in [3.63, 3.8) is 0 Å². The lowest BCUT2D eigenvalue weighted by Crippen LogP contribution is -2.21. The molecule has 2 heteroatoms. The highest BCUT2D eigenvalue weighted by molar-refractivity contribution is 4.95. The minimum Gasteiger partial charge on any atom is -0.391 e. The van der Waals surface area contributed by atoms with Gasteiger partial charge in [0.15, 0.2) is 0 Å². The fourth-order valence-corrected chi connectivity index (χ4v) is 2.19. The third kappa shape index (κ3) is 1.94. The Morgan fingerprint density at radius 1 is 1.00 bits per heavy atom. The normalized spacial score (nSPS) is 29.9. The van der Waals surface area contributed by atoms with E-state index in [1.165, 1.54) is 19.3 Å². The van der Waals surface area contributed by atoms with Crippen LogP contribution in [0.4, 0.5) is 0 Å². The lowest BCUT2D eigenvalue weighted by atomic mass is 10.1. The van der Waals surface area contributed by atoms with Crippen LogP contribution in [-0.2, 0) is 0 Å². The second-order valence-corrected chi connectivity index (χ2v) is 3.90. The van der Waals surface area contributed by atoms with Gasteiger partial charge in [0.2, 0.25) is 0 Å². The standard InChI is InChI=1S/C11H17NO/c13-11-7-3-1-2-6-10(11)12-8-4-5-9-12/h4-5,8-11,13H,1-3,6-7H2. The molecule has 1 heterocycles. The SMILES string of the molecule is OC1CCCCCC1n1cccc1. The maximum atomic E-state index is 9.90. The molecule has 0 bridgehead atoms. The van der Waals surface area contributed by atoms with E-state index in [0.29, 0.717) is 6.04 Å². The van der Waals surface area contributed by atoms with Crippen molar-refractivity contribution >= 4 is 0 Å². The number of nitrogens with zero attached hydrogens (tertiary/aromatic N) is 1. The van der Waals surface area contributed by atoms with Gasteiger partial charge in [-0.05, 0) is 25.0 Å². The predicted molar refractivity (Wildman–Crippen MR) is 52.6 cm³/mol. The second kappa shape index (κ2) is 3.97. The molecule has 0 saturated heterocycles. The van der Waals surface area contributed by atoms with E-state index in [4.69, 9.17) is 0 Å². The third-order valence-corrected chi connectivity index (χ3v) is 2.95. The van der Waals surface area contributed by atoms with Crippen molar-refractivity contribution in [2.75, 3.05) is 0 Å². The highest BCUT2D eigenvalue weighted by atomic mass is 16.3. The molecule has 0 aromatic carbocycles. The van der Waals surface area contributed by atoms with Crippen molar-refractivity contribution < 1.29 is 5.11 Å². The number of aliphatic hydroxyl groups excluding tert-OH is 1. The average Bonchev–Trinajstić information content (AvgIpc) is 2.56. The van der Waals surface area contributed by atoms with Gasteiger partial charge >= 0.3 is 0 Å². The first-order valence-corrected chi connectivity index (χ1v) is 5.18. The molecule has 1 saturated carbocycles. The Balaban J connectivity index is 2.11. The van der Waals surface area contributed by atoms with Crippen molar-refractivity contribution in [2.24, 2.45) is 0 Å². The number of rotatable bonds is 1. The third-order valence-electron chi connectivity index (χ3n) is 2.95. The molecular weight excluding hydrogens is 162 g/mol. The predicted octanol–water partition coefficient (Wildman–Crippen LogP) is 2.35. The van der Waals surface area contributed by atoms with Crippen LogP contribution in [0, 0.1) is 0 Å². The van der Waals surface area contributed by atoms with Gasteiger partial charge in [0, 0.05) is 12.4 Å². The van der Waals surface area contributed by atoms with Crippen molar-refractivity contribution in [1.29, 1.82) is 0 Å². The molecule has 1 aromatic heterocycles. The number of hydrogen-bond donors (Lipinski definition) is 1. The summed E-state index contributed by atoms with van der Waals surface area (Å²) in [6.07, 6.45) is 9.75. The number of hydrogen-bond acceptors (Lipinski definition) is 1. The summed E-state index contributed by atoms with van der Waals surface area (Å²) in [4.78, 5) is 0. The van der Waals surface area contributed by atoms with Crippen LogP contribution >= 0.6 is 0 Å². The summed E-state index contributed by atoms with van der Waals surface area (Å²) >= 11 is 0. The molecule has 13 heavy (non-hydrogen) atoms. The van der Waals surface area contributed by atoms with Gasteiger partial charge in [0.1, 0.15) is 0 Å². The largest absolute Gasteiger partial charge is 0.391 e. The van der Waals surface area contributed by atoms with Crippen molar-refractivity contribution in [1.82, 2.24) is 4.57 Å². The molecule has 1 aromatic rings. The first kappa shape index (κ1) is 8.82. The molecule has 0 radical (unpaired) electrons. The molecule has 72 valence electrons. The molecule has 2 atom stereocenters. The smallest absolute Gasteiger partial charge is 0.0747 e. The monoisotopic (exact) mass is 179 g/mol. The van der Waals surface area contributed by atoms with E-state index in [0.717, 1.165) is 12.8 Å². The van der Waals surface area contributed by atoms with Crippen LogP contribution < -0.4 is 0 Å². The van der Waals surface area contributed by atoms with E-state index in [1.807, 2.05) is 12.1 Å². The van der Waals surface area contributed by atoms with Crippen LogP contribution in [0.15, 0.2) is 24.5 Å². The van der Waals surface area contributed by atoms with Crippen molar-refractivity contribution in [3.05, 3.63) is 24.5 Å². The highest BCUT2D eigenvalue weighted by Gasteiger charge is 2.21. The zero-order valence-corrected chi connectivity index (χ0v) is 7.89.